The van der Waals surface area contributed by atoms with E-state index >= 15 is 0 Å². The largest absolute Gasteiger partial charge is 0.496 e. The summed E-state index contributed by atoms with van der Waals surface area (Å²) in [6, 6.07) is 2.67. The van der Waals surface area contributed by atoms with Gasteiger partial charge in [0.15, 0.2) is 0 Å². The number of isothiocyanates is 1. The molecule has 0 spiro atoms. The van der Waals surface area contributed by atoms with Crippen LogP contribution in [0.15, 0.2) is 17.1 Å². The molecule has 5 nitrogen and oxygen atoms in total. The zero-order valence-corrected chi connectivity index (χ0v) is 8.67. The summed E-state index contributed by atoms with van der Waals surface area (Å²) in [7, 11) is 1.36. The molecule has 1 aromatic rings. The molecule has 0 aliphatic rings. The Morgan fingerprint density at radius 3 is 2.80 bits per heavy atom. The van der Waals surface area contributed by atoms with Gasteiger partial charge in [0.1, 0.15) is 11.3 Å². The van der Waals surface area contributed by atoms with Crippen LogP contribution in [0.5, 0.6) is 5.75 Å². The number of nitrogen functional groups attached to an aromatic ring is 1. The van der Waals surface area contributed by atoms with Gasteiger partial charge in [-0.15, -0.1) is 0 Å². The number of aromatic carboxylic acids is 1. The van der Waals surface area contributed by atoms with E-state index in [1.807, 2.05) is 0 Å². The molecule has 0 radical (unpaired) electrons. The highest BCUT2D eigenvalue weighted by Crippen LogP contribution is 2.30. The van der Waals surface area contributed by atoms with Gasteiger partial charge in [-0.3, -0.25) is 0 Å². The predicted octanol–water partition coefficient (Wildman–Crippen LogP) is 1.71. The second-order valence-electron chi connectivity index (χ2n) is 2.62. The first-order chi connectivity index (χ1) is 7.10. The normalized spacial score (nSPS) is 9.13. The minimum atomic E-state index is -1.12. The first kappa shape index (κ1) is 11.2. The van der Waals surface area contributed by atoms with Gasteiger partial charge < -0.3 is 15.6 Å². The van der Waals surface area contributed by atoms with E-state index in [-0.39, 0.29) is 22.7 Å². The number of carboxylic acid groups (broad SMARTS) is 1. The Labute approximate surface area is 91.2 Å². The number of nitrogens with two attached hydrogens (primary N) is 1. The topological polar surface area (TPSA) is 84.9 Å². The lowest BCUT2D eigenvalue weighted by Crippen LogP contribution is -2.01. The molecule has 0 heterocycles. The average Bonchev–Trinajstić information content (AvgIpc) is 2.20. The molecule has 0 bridgehead atoms. The summed E-state index contributed by atoms with van der Waals surface area (Å²) in [6.45, 7) is 0. The maximum Gasteiger partial charge on any atom is 0.339 e. The van der Waals surface area contributed by atoms with Gasteiger partial charge in [0.25, 0.3) is 0 Å². The molecule has 0 fully saturated rings. The maximum absolute atomic E-state index is 10.8. The van der Waals surface area contributed by atoms with Gasteiger partial charge in [-0.1, -0.05) is 0 Å². The van der Waals surface area contributed by atoms with Crippen molar-refractivity contribution in [1.82, 2.24) is 0 Å². The first-order valence-corrected chi connectivity index (χ1v) is 4.29. The molecule has 0 atom stereocenters. The molecule has 1 aromatic carbocycles. The lowest BCUT2D eigenvalue weighted by atomic mass is 10.1. The van der Waals surface area contributed by atoms with E-state index in [4.69, 9.17) is 15.6 Å². The van der Waals surface area contributed by atoms with E-state index in [0.717, 1.165) is 0 Å². The third kappa shape index (κ3) is 2.31. The van der Waals surface area contributed by atoms with Crippen LogP contribution >= 0.6 is 12.2 Å². The fourth-order valence-corrected chi connectivity index (χ4v) is 1.16. The van der Waals surface area contributed by atoms with E-state index < -0.39 is 5.97 Å². The van der Waals surface area contributed by atoms with Crippen LogP contribution in [-0.4, -0.2) is 23.3 Å². The van der Waals surface area contributed by atoms with Crippen LogP contribution in [0.4, 0.5) is 11.4 Å². The number of anilines is 1. The number of rotatable bonds is 3. The second-order valence-corrected chi connectivity index (χ2v) is 2.80. The third-order valence-corrected chi connectivity index (χ3v) is 1.84. The molecule has 1 rings (SSSR count). The molecular weight excluding hydrogens is 216 g/mol. The Morgan fingerprint density at radius 2 is 2.33 bits per heavy atom. The molecule has 78 valence electrons. The number of carbonyl (C=O) groups is 1. The molecule has 6 heteroatoms. The molecule has 15 heavy (non-hydrogen) atoms. The molecule has 3 N–H and O–H groups in total. The molecule has 0 amide bonds. The molecule has 0 aromatic heterocycles. The van der Waals surface area contributed by atoms with Gasteiger partial charge in [0.05, 0.1) is 23.6 Å². The lowest BCUT2D eigenvalue weighted by molar-refractivity contribution is 0.0693. The van der Waals surface area contributed by atoms with Crippen molar-refractivity contribution < 1.29 is 14.6 Å². The number of methoxy groups -OCH3 is 1. The summed E-state index contributed by atoms with van der Waals surface area (Å²) in [5.41, 5.74) is 6.13. The predicted molar refractivity (Wildman–Crippen MR) is 59.1 cm³/mol. The first-order valence-electron chi connectivity index (χ1n) is 3.88. The second kappa shape index (κ2) is 4.54. The van der Waals surface area contributed by atoms with E-state index in [1.54, 1.807) is 0 Å². The summed E-state index contributed by atoms with van der Waals surface area (Å²) < 4.78 is 4.87. The molecule has 0 aliphatic carbocycles. The van der Waals surface area contributed by atoms with Crippen LogP contribution in [0.25, 0.3) is 0 Å². The Kier molecular flexibility index (Phi) is 3.38. The average molecular weight is 224 g/mol. The molecule has 0 saturated heterocycles. The number of ether oxygens (including phenoxy) is 1. The monoisotopic (exact) mass is 224 g/mol. The molecular formula is C9H8N2O3S. The van der Waals surface area contributed by atoms with Crippen molar-refractivity contribution in [3.8, 4) is 5.75 Å². The van der Waals surface area contributed by atoms with E-state index in [2.05, 4.69) is 22.4 Å². The van der Waals surface area contributed by atoms with Crippen LogP contribution in [0.3, 0.4) is 0 Å². The van der Waals surface area contributed by atoms with Gasteiger partial charge in [0.2, 0.25) is 0 Å². The SMILES string of the molecule is COc1cc(N)c(N=C=S)cc1C(=O)O. The summed E-state index contributed by atoms with van der Waals surface area (Å²) in [6.07, 6.45) is 0. The van der Waals surface area contributed by atoms with Crippen LogP contribution in [0.2, 0.25) is 0 Å². The summed E-state index contributed by atoms with van der Waals surface area (Å²) >= 11 is 4.41. The highest BCUT2D eigenvalue weighted by molar-refractivity contribution is 7.78. The molecule has 0 saturated carbocycles. The van der Waals surface area contributed by atoms with Gasteiger partial charge in [0, 0.05) is 6.07 Å². The van der Waals surface area contributed by atoms with Gasteiger partial charge >= 0.3 is 5.97 Å². The fourth-order valence-electron chi connectivity index (χ4n) is 1.07. The van der Waals surface area contributed by atoms with Crippen molar-refractivity contribution in [2.75, 3.05) is 12.8 Å². The van der Waals surface area contributed by atoms with E-state index in [9.17, 15) is 4.79 Å². The quantitative estimate of drug-likeness (QED) is 0.464. The number of hydrogen-bond donors (Lipinski definition) is 2. The van der Waals surface area contributed by atoms with Crippen LogP contribution < -0.4 is 10.5 Å². The van der Waals surface area contributed by atoms with Crippen LogP contribution in [0, 0.1) is 0 Å². The Morgan fingerprint density at radius 1 is 1.67 bits per heavy atom. The maximum atomic E-state index is 10.8. The number of carboxylic acids is 1. The molecule has 0 unspecified atom stereocenters. The number of nitrogens with zero attached hydrogens (tertiary/aromatic N) is 1. The lowest BCUT2D eigenvalue weighted by Gasteiger charge is -2.07. The van der Waals surface area contributed by atoms with E-state index in [1.165, 1.54) is 19.2 Å². The number of aliphatic imine (C=N–C) groups is 1. The Balaban J connectivity index is 3.42. The van der Waals surface area contributed by atoms with Crippen molar-refractivity contribution >= 4 is 34.7 Å². The number of hydrogen-bond acceptors (Lipinski definition) is 5. The van der Waals surface area contributed by atoms with Crippen LogP contribution in [0.1, 0.15) is 10.4 Å². The zero-order chi connectivity index (χ0) is 11.4. The highest BCUT2D eigenvalue weighted by Gasteiger charge is 2.13. The van der Waals surface area contributed by atoms with Crippen molar-refractivity contribution in [2.24, 2.45) is 4.99 Å². The van der Waals surface area contributed by atoms with Gasteiger partial charge in [-0.05, 0) is 18.3 Å². The highest BCUT2D eigenvalue weighted by atomic mass is 32.1. The van der Waals surface area contributed by atoms with Crippen molar-refractivity contribution in [2.45, 2.75) is 0 Å². The summed E-state index contributed by atoms with van der Waals surface area (Å²) in [5.74, 6) is -0.934. The summed E-state index contributed by atoms with van der Waals surface area (Å²) in [4.78, 5) is 14.5. The van der Waals surface area contributed by atoms with Crippen molar-refractivity contribution in [3.05, 3.63) is 17.7 Å². The van der Waals surface area contributed by atoms with Gasteiger partial charge in [-0.25, -0.2) is 4.79 Å². The Bertz CT molecular complexity index is 453. The van der Waals surface area contributed by atoms with Gasteiger partial charge in [-0.2, -0.15) is 4.99 Å². The van der Waals surface area contributed by atoms with E-state index in [0.29, 0.717) is 0 Å². The van der Waals surface area contributed by atoms with Crippen LogP contribution in [-0.2, 0) is 0 Å². The standard InChI is InChI=1S/C9H8N2O3S/c1-14-8-3-6(10)7(11-4-15)2-5(8)9(12)13/h2-3H,10H2,1H3,(H,12,13). The Hall–Kier alpha value is -1.91. The third-order valence-electron chi connectivity index (χ3n) is 1.75. The number of benzene rings is 1. The zero-order valence-electron chi connectivity index (χ0n) is 7.85. The molecule has 0 aliphatic heterocycles. The minimum absolute atomic E-state index is 0.0179. The summed E-state index contributed by atoms with van der Waals surface area (Å²) in [5, 5.41) is 11.0. The smallest absolute Gasteiger partial charge is 0.339 e. The number of thiocarbonyl (C=S) groups is 1. The van der Waals surface area contributed by atoms with Crippen molar-refractivity contribution in [3.63, 3.8) is 0 Å². The van der Waals surface area contributed by atoms with Crippen molar-refractivity contribution in [1.29, 1.82) is 0 Å². The fraction of sp³-hybridized carbons (Fsp3) is 0.111. The minimum Gasteiger partial charge on any atom is -0.496 e.